The first kappa shape index (κ1) is 22.6. The van der Waals surface area contributed by atoms with Gasteiger partial charge < -0.3 is 9.55 Å². The zero-order valence-corrected chi connectivity index (χ0v) is 20.1. The van der Waals surface area contributed by atoms with Gasteiger partial charge in [0.1, 0.15) is 11.1 Å². The normalized spacial score (nSPS) is 18.2. The molecule has 9 heteroatoms. The molecule has 0 aliphatic carbocycles. The summed E-state index contributed by atoms with van der Waals surface area (Å²) in [6, 6.07) is 17.3. The van der Waals surface area contributed by atoms with E-state index in [9.17, 15) is 13.2 Å². The van der Waals surface area contributed by atoms with Crippen molar-refractivity contribution >= 4 is 38.3 Å². The number of ketones is 1. The quantitative estimate of drug-likeness (QED) is 0.220. The molecule has 1 saturated heterocycles. The smallest absolute Gasteiger partial charge is 0.192 e. The maximum absolute atomic E-state index is 13.8. The fourth-order valence-electron chi connectivity index (χ4n) is 4.41. The van der Waals surface area contributed by atoms with Crippen molar-refractivity contribution in [2.45, 2.75) is 29.3 Å². The minimum absolute atomic E-state index is 0.0354. The van der Waals surface area contributed by atoms with E-state index < -0.39 is 15.1 Å². The number of allylic oxidation sites excluding steroid dienone is 1. The molecular formula is C25H24N4O3S2. The molecule has 1 aliphatic rings. The molecular weight excluding hydrogens is 468 g/mol. The van der Waals surface area contributed by atoms with Crippen LogP contribution < -0.4 is 0 Å². The summed E-state index contributed by atoms with van der Waals surface area (Å²) in [4.78, 5) is 17.0. The number of thioether (sulfide) groups is 1. The van der Waals surface area contributed by atoms with Gasteiger partial charge in [-0.15, -0.1) is 16.8 Å². The molecule has 0 bridgehead atoms. The van der Waals surface area contributed by atoms with E-state index >= 15 is 0 Å². The van der Waals surface area contributed by atoms with Crippen LogP contribution in [-0.4, -0.2) is 45.5 Å². The van der Waals surface area contributed by atoms with Gasteiger partial charge in [-0.2, -0.15) is 0 Å². The molecule has 0 radical (unpaired) electrons. The van der Waals surface area contributed by atoms with Crippen molar-refractivity contribution in [1.29, 1.82) is 0 Å². The van der Waals surface area contributed by atoms with Gasteiger partial charge in [0, 0.05) is 35.1 Å². The Balaban J connectivity index is 1.54. The Labute approximate surface area is 202 Å². The number of hydrogen-bond acceptors (Lipinski definition) is 6. The van der Waals surface area contributed by atoms with E-state index in [-0.39, 0.29) is 23.2 Å². The Bertz CT molecular complexity index is 1460. The number of carbonyl (C=O) groups excluding carboxylic acids is 1. The lowest BCUT2D eigenvalue weighted by Crippen LogP contribution is -2.13. The van der Waals surface area contributed by atoms with Crippen LogP contribution in [0.4, 0.5) is 0 Å². The molecule has 2 aromatic heterocycles. The molecule has 174 valence electrons. The standard InChI is InChI=1S/C25H24N4O3S2/c1-2-13-29-24(18-12-14-34(31,32)16-18)27-28-25(29)33-23(17-8-4-3-5-9-17)22(30)20-15-26-21-11-7-6-10-19(20)21/h2-11,15,18,23,26H,1,12-14,16H2/t18-,23+/m1/s1. The highest BCUT2D eigenvalue weighted by Gasteiger charge is 2.34. The highest BCUT2D eigenvalue weighted by molar-refractivity contribution is 8.00. The van der Waals surface area contributed by atoms with Gasteiger partial charge in [-0.1, -0.05) is 66.4 Å². The largest absolute Gasteiger partial charge is 0.360 e. The van der Waals surface area contributed by atoms with E-state index in [1.807, 2.05) is 59.2 Å². The lowest BCUT2D eigenvalue weighted by atomic mass is 10.0. The van der Waals surface area contributed by atoms with Crippen molar-refractivity contribution in [3.8, 4) is 0 Å². The summed E-state index contributed by atoms with van der Waals surface area (Å²) in [7, 11) is -3.07. The predicted octanol–water partition coefficient (Wildman–Crippen LogP) is 4.56. The Kier molecular flexibility index (Phi) is 6.14. The zero-order chi connectivity index (χ0) is 23.7. The number of H-pyrrole nitrogens is 1. The lowest BCUT2D eigenvalue weighted by Gasteiger charge is -2.17. The molecule has 7 nitrogen and oxygen atoms in total. The molecule has 2 aromatic carbocycles. The number of benzene rings is 2. The highest BCUT2D eigenvalue weighted by atomic mass is 32.2. The summed E-state index contributed by atoms with van der Waals surface area (Å²) >= 11 is 1.33. The lowest BCUT2D eigenvalue weighted by molar-refractivity contribution is 0.0991. The third-order valence-corrected chi connectivity index (χ3v) is 9.08. The van der Waals surface area contributed by atoms with Gasteiger partial charge in [0.05, 0.1) is 11.5 Å². The fourth-order valence-corrected chi connectivity index (χ4v) is 7.27. The van der Waals surface area contributed by atoms with Crippen LogP contribution in [0.2, 0.25) is 0 Å². The van der Waals surface area contributed by atoms with Crippen molar-refractivity contribution in [2.24, 2.45) is 0 Å². The molecule has 4 aromatic rings. The second kappa shape index (κ2) is 9.23. The number of aromatic amines is 1. The monoisotopic (exact) mass is 492 g/mol. The van der Waals surface area contributed by atoms with Gasteiger partial charge in [0.2, 0.25) is 0 Å². The van der Waals surface area contributed by atoms with Gasteiger partial charge in [-0.3, -0.25) is 4.79 Å². The van der Waals surface area contributed by atoms with Crippen molar-refractivity contribution in [2.75, 3.05) is 11.5 Å². The molecule has 0 saturated carbocycles. The molecule has 1 aliphatic heterocycles. The van der Waals surface area contributed by atoms with Crippen LogP contribution in [0, 0.1) is 0 Å². The van der Waals surface area contributed by atoms with Crippen LogP contribution in [0.1, 0.15) is 39.3 Å². The van der Waals surface area contributed by atoms with Crippen LogP contribution in [0.25, 0.3) is 10.9 Å². The first-order valence-corrected chi connectivity index (χ1v) is 13.7. The highest BCUT2D eigenvalue weighted by Crippen LogP contribution is 2.40. The van der Waals surface area contributed by atoms with Gasteiger partial charge in [0.25, 0.3) is 0 Å². The third-order valence-electron chi connectivity index (χ3n) is 6.07. The second-order valence-corrected chi connectivity index (χ2v) is 11.7. The number of sulfone groups is 1. The van der Waals surface area contributed by atoms with Gasteiger partial charge in [-0.25, -0.2) is 8.42 Å². The summed E-state index contributed by atoms with van der Waals surface area (Å²) in [6.45, 7) is 4.28. The Morgan fingerprint density at radius 3 is 2.68 bits per heavy atom. The topological polar surface area (TPSA) is 97.7 Å². The van der Waals surface area contributed by atoms with E-state index in [4.69, 9.17) is 0 Å². The summed E-state index contributed by atoms with van der Waals surface area (Å²) in [5, 5.41) is 9.65. The second-order valence-electron chi connectivity index (χ2n) is 8.36. The van der Waals surface area contributed by atoms with Crippen LogP contribution in [0.15, 0.2) is 78.6 Å². The number of carbonyl (C=O) groups is 1. The number of Topliss-reactive ketones (excluding diaryl/α,β-unsaturated/α-hetero) is 1. The minimum atomic E-state index is -3.07. The average molecular weight is 493 g/mol. The molecule has 0 unspecified atom stereocenters. The number of nitrogens with one attached hydrogen (secondary N) is 1. The van der Waals surface area contributed by atoms with Crippen molar-refractivity contribution in [3.05, 3.63) is 90.4 Å². The summed E-state index contributed by atoms with van der Waals surface area (Å²) < 4.78 is 26.0. The van der Waals surface area contributed by atoms with E-state index in [1.165, 1.54) is 11.8 Å². The summed E-state index contributed by atoms with van der Waals surface area (Å²) in [6.07, 6.45) is 4.02. The van der Waals surface area contributed by atoms with Gasteiger partial charge >= 0.3 is 0 Å². The van der Waals surface area contributed by atoms with Crippen LogP contribution >= 0.6 is 11.8 Å². The first-order valence-electron chi connectivity index (χ1n) is 11.0. The van der Waals surface area contributed by atoms with Gasteiger partial charge in [0.15, 0.2) is 20.8 Å². The van der Waals surface area contributed by atoms with E-state index in [1.54, 1.807) is 12.3 Å². The molecule has 1 fully saturated rings. The molecule has 1 N–H and O–H groups in total. The number of nitrogens with zero attached hydrogens (tertiary/aromatic N) is 3. The first-order chi connectivity index (χ1) is 16.5. The number of fused-ring (bicyclic) bond motifs is 1. The molecule has 0 spiro atoms. The summed E-state index contributed by atoms with van der Waals surface area (Å²) in [5.74, 6) is 0.628. The van der Waals surface area contributed by atoms with Crippen LogP contribution in [0.5, 0.6) is 0 Å². The van der Waals surface area contributed by atoms with E-state index in [2.05, 4.69) is 21.8 Å². The van der Waals surface area contributed by atoms with E-state index in [0.717, 1.165) is 16.5 Å². The molecule has 34 heavy (non-hydrogen) atoms. The molecule has 5 rings (SSSR count). The minimum Gasteiger partial charge on any atom is -0.360 e. The third kappa shape index (κ3) is 4.33. The Morgan fingerprint density at radius 1 is 1.18 bits per heavy atom. The zero-order valence-electron chi connectivity index (χ0n) is 18.4. The number of rotatable bonds is 8. The van der Waals surface area contributed by atoms with Crippen molar-refractivity contribution < 1.29 is 13.2 Å². The van der Waals surface area contributed by atoms with E-state index in [0.29, 0.717) is 29.5 Å². The Hall–Kier alpha value is -3.17. The Morgan fingerprint density at radius 2 is 1.94 bits per heavy atom. The molecule has 0 amide bonds. The fraction of sp³-hybridized carbons (Fsp3) is 0.240. The average Bonchev–Trinajstić information content (AvgIpc) is 3.54. The molecule has 2 atom stereocenters. The maximum atomic E-state index is 13.8. The summed E-state index contributed by atoms with van der Waals surface area (Å²) in [5.41, 5.74) is 2.39. The number of para-hydroxylation sites is 1. The number of aromatic nitrogens is 4. The van der Waals surface area contributed by atoms with Crippen LogP contribution in [-0.2, 0) is 16.4 Å². The van der Waals surface area contributed by atoms with Crippen LogP contribution in [0.3, 0.4) is 0 Å². The van der Waals surface area contributed by atoms with Crippen molar-refractivity contribution in [3.63, 3.8) is 0 Å². The SMILES string of the molecule is C=CCn1c(S[C@H](C(=O)c2c[nH]c3ccccc23)c2ccccc2)nnc1[C@@H]1CCS(=O)(=O)C1. The predicted molar refractivity (Wildman–Crippen MR) is 134 cm³/mol. The number of hydrogen-bond donors (Lipinski definition) is 1. The maximum Gasteiger partial charge on any atom is 0.192 e. The van der Waals surface area contributed by atoms with Gasteiger partial charge in [-0.05, 0) is 18.1 Å². The molecule has 3 heterocycles. The van der Waals surface area contributed by atoms with Crippen molar-refractivity contribution in [1.82, 2.24) is 19.7 Å².